The molecule has 0 aliphatic carbocycles. The van der Waals surface area contributed by atoms with Crippen molar-refractivity contribution < 1.29 is 13.2 Å². The number of halogens is 6. The topological polar surface area (TPSA) is 32.9 Å². The van der Waals surface area contributed by atoms with Gasteiger partial charge in [-0.15, -0.1) is 0 Å². The highest BCUT2D eigenvalue weighted by atomic mass is 35.5. The first-order valence-corrected chi connectivity index (χ1v) is 6.28. The number of alkyl halides is 3. The molecule has 1 N–H and O–H groups in total. The smallest absolute Gasteiger partial charge is 0.328 e. The summed E-state index contributed by atoms with van der Waals surface area (Å²) in [6.07, 6.45) is -3.97. The molecule has 0 aliphatic rings. The molecular weight excluding hydrogens is 337 g/mol. The van der Waals surface area contributed by atoms with Crippen molar-refractivity contribution in [1.82, 2.24) is 4.98 Å². The van der Waals surface area contributed by atoms with Crippen LogP contribution in [0.4, 0.5) is 13.2 Å². The lowest BCUT2D eigenvalue weighted by Gasteiger charge is -2.09. The molecule has 0 saturated carbocycles. The van der Waals surface area contributed by atoms with Crippen molar-refractivity contribution in [3.63, 3.8) is 0 Å². The number of rotatable bonds is 1. The number of aromatic amines is 1. The monoisotopic (exact) mass is 341 g/mol. The Morgan fingerprint density at radius 1 is 1.00 bits per heavy atom. The average molecular weight is 343 g/mol. The fourth-order valence-corrected chi connectivity index (χ4v) is 2.17. The molecule has 0 atom stereocenters. The fourth-order valence-electron chi connectivity index (χ4n) is 1.57. The molecule has 106 valence electrons. The fraction of sp³-hybridized carbons (Fsp3) is 0.0833. The lowest BCUT2D eigenvalue weighted by molar-refractivity contribution is -0.137. The molecule has 8 heteroatoms. The Labute approximate surface area is 126 Å². The van der Waals surface area contributed by atoms with E-state index in [4.69, 9.17) is 34.8 Å². The summed E-state index contributed by atoms with van der Waals surface area (Å²) in [5.41, 5.74) is -1.71. The van der Waals surface area contributed by atoms with Crippen molar-refractivity contribution in [2.24, 2.45) is 0 Å². The van der Waals surface area contributed by atoms with Crippen LogP contribution in [0.3, 0.4) is 0 Å². The number of hydrogen-bond acceptors (Lipinski definition) is 1. The predicted molar refractivity (Wildman–Crippen MR) is 72.5 cm³/mol. The van der Waals surface area contributed by atoms with Gasteiger partial charge in [-0.1, -0.05) is 34.8 Å². The van der Waals surface area contributed by atoms with Gasteiger partial charge in [0.25, 0.3) is 5.56 Å². The Balaban J connectivity index is 2.67. The van der Waals surface area contributed by atoms with E-state index in [1.165, 1.54) is 12.1 Å². The van der Waals surface area contributed by atoms with Gasteiger partial charge in [0, 0.05) is 11.8 Å². The molecule has 0 radical (unpaired) electrons. The van der Waals surface area contributed by atoms with Crippen LogP contribution in [-0.4, -0.2) is 4.98 Å². The van der Waals surface area contributed by atoms with Gasteiger partial charge in [-0.05, 0) is 23.8 Å². The molecule has 0 amide bonds. The van der Waals surface area contributed by atoms with Crippen LogP contribution in [0.15, 0.2) is 29.2 Å². The van der Waals surface area contributed by atoms with Crippen molar-refractivity contribution in [3.8, 4) is 11.1 Å². The van der Waals surface area contributed by atoms with Gasteiger partial charge in [0.2, 0.25) is 0 Å². The normalized spacial score (nSPS) is 11.7. The highest BCUT2D eigenvalue weighted by Crippen LogP contribution is 2.35. The maximum absolute atomic E-state index is 12.6. The van der Waals surface area contributed by atoms with E-state index in [0.29, 0.717) is 6.20 Å². The first-order chi connectivity index (χ1) is 9.20. The zero-order chi connectivity index (χ0) is 15.1. The SMILES string of the molecule is O=c1[nH]cc(C(F)(F)F)cc1-c1cc(Cl)c(Cl)c(Cl)c1. The van der Waals surface area contributed by atoms with E-state index in [1.807, 2.05) is 4.98 Å². The van der Waals surface area contributed by atoms with Crippen LogP contribution < -0.4 is 5.56 Å². The summed E-state index contributed by atoms with van der Waals surface area (Å²) >= 11 is 17.4. The lowest BCUT2D eigenvalue weighted by atomic mass is 10.1. The predicted octanol–water partition coefficient (Wildman–Crippen LogP) is 5.02. The molecular formula is C12H5Cl3F3NO. The number of hydrogen-bond donors (Lipinski definition) is 1. The second-order valence-electron chi connectivity index (χ2n) is 3.88. The van der Waals surface area contributed by atoms with E-state index < -0.39 is 17.3 Å². The minimum Gasteiger partial charge on any atom is -0.328 e. The number of aromatic nitrogens is 1. The van der Waals surface area contributed by atoms with Gasteiger partial charge in [-0.2, -0.15) is 13.2 Å². The van der Waals surface area contributed by atoms with Crippen molar-refractivity contribution in [2.45, 2.75) is 6.18 Å². The Morgan fingerprint density at radius 2 is 1.55 bits per heavy atom. The second kappa shape index (κ2) is 5.31. The van der Waals surface area contributed by atoms with Crippen molar-refractivity contribution in [2.75, 3.05) is 0 Å². The molecule has 1 aromatic heterocycles. The van der Waals surface area contributed by atoms with Crippen molar-refractivity contribution >= 4 is 34.8 Å². The van der Waals surface area contributed by atoms with Crippen molar-refractivity contribution in [3.05, 3.63) is 55.4 Å². The molecule has 0 saturated heterocycles. The Kier molecular flexibility index (Phi) is 4.04. The van der Waals surface area contributed by atoms with Crippen LogP contribution in [0.2, 0.25) is 15.1 Å². The lowest BCUT2D eigenvalue weighted by Crippen LogP contribution is -2.14. The van der Waals surface area contributed by atoms with E-state index in [-0.39, 0.29) is 26.2 Å². The van der Waals surface area contributed by atoms with Gasteiger partial charge in [0.05, 0.1) is 20.6 Å². The van der Waals surface area contributed by atoms with E-state index in [9.17, 15) is 18.0 Å². The van der Waals surface area contributed by atoms with Crippen LogP contribution in [0.25, 0.3) is 11.1 Å². The summed E-state index contributed by atoms with van der Waals surface area (Å²) in [5.74, 6) is 0. The summed E-state index contributed by atoms with van der Waals surface area (Å²) < 4.78 is 37.9. The summed E-state index contributed by atoms with van der Waals surface area (Å²) in [4.78, 5) is 13.7. The molecule has 0 aliphatic heterocycles. The number of H-pyrrole nitrogens is 1. The number of benzene rings is 1. The first kappa shape index (κ1) is 15.2. The van der Waals surface area contributed by atoms with Crippen LogP contribution in [-0.2, 0) is 6.18 Å². The molecule has 2 rings (SSSR count). The molecule has 0 spiro atoms. The Bertz CT molecular complexity index is 702. The third kappa shape index (κ3) is 2.95. The van der Waals surface area contributed by atoms with Crippen LogP contribution in [0.5, 0.6) is 0 Å². The van der Waals surface area contributed by atoms with E-state index in [0.717, 1.165) is 6.07 Å². The van der Waals surface area contributed by atoms with E-state index >= 15 is 0 Å². The maximum atomic E-state index is 12.6. The highest BCUT2D eigenvalue weighted by molar-refractivity contribution is 6.48. The van der Waals surface area contributed by atoms with E-state index in [2.05, 4.69) is 0 Å². The van der Waals surface area contributed by atoms with Gasteiger partial charge in [-0.25, -0.2) is 0 Å². The molecule has 0 fully saturated rings. The van der Waals surface area contributed by atoms with Gasteiger partial charge < -0.3 is 4.98 Å². The third-order valence-electron chi connectivity index (χ3n) is 2.53. The van der Waals surface area contributed by atoms with E-state index in [1.54, 1.807) is 0 Å². The standard InChI is InChI=1S/C12H5Cl3F3NO/c13-8-1-5(2-9(14)10(8)15)7-3-6(12(16,17)18)4-19-11(7)20/h1-4H,(H,19,20). The Morgan fingerprint density at radius 3 is 2.05 bits per heavy atom. The maximum Gasteiger partial charge on any atom is 0.417 e. The molecule has 20 heavy (non-hydrogen) atoms. The summed E-state index contributed by atoms with van der Waals surface area (Å²) in [7, 11) is 0. The summed E-state index contributed by atoms with van der Waals surface area (Å²) in [6.45, 7) is 0. The minimum atomic E-state index is -4.57. The quantitative estimate of drug-likeness (QED) is 0.725. The van der Waals surface area contributed by atoms with Gasteiger partial charge in [-0.3, -0.25) is 4.79 Å². The van der Waals surface area contributed by atoms with Crippen molar-refractivity contribution in [1.29, 1.82) is 0 Å². The molecule has 0 unspecified atom stereocenters. The number of nitrogens with one attached hydrogen (secondary N) is 1. The third-order valence-corrected chi connectivity index (χ3v) is 3.72. The van der Waals surface area contributed by atoms with Crippen LogP contribution >= 0.6 is 34.8 Å². The van der Waals surface area contributed by atoms with Gasteiger partial charge in [0.1, 0.15) is 0 Å². The zero-order valence-electron chi connectivity index (χ0n) is 9.49. The summed E-state index contributed by atoms with van der Waals surface area (Å²) in [5, 5.41) is 0.164. The van der Waals surface area contributed by atoms with Gasteiger partial charge >= 0.3 is 6.18 Å². The molecule has 1 heterocycles. The first-order valence-electron chi connectivity index (χ1n) is 5.15. The molecule has 1 aromatic carbocycles. The molecule has 0 bridgehead atoms. The average Bonchev–Trinajstić information content (AvgIpc) is 2.34. The van der Waals surface area contributed by atoms with Crippen LogP contribution in [0, 0.1) is 0 Å². The molecule has 2 nitrogen and oxygen atoms in total. The zero-order valence-corrected chi connectivity index (χ0v) is 11.8. The molecule has 2 aromatic rings. The Hall–Kier alpha value is -1.17. The largest absolute Gasteiger partial charge is 0.417 e. The highest BCUT2D eigenvalue weighted by Gasteiger charge is 2.31. The summed E-state index contributed by atoms with van der Waals surface area (Å²) in [6, 6.07) is 3.29. The van der Waals surface area contributed by atoms with Gasteiger partial charge in [0.15, 0.2) is 0 Å². The number of pyridine rings is 1. The minimum absolute atomic E-state index is 0.0472. The van der Waals surface area contributed by atoms with Crippen LogP contribution in [0.1, 0.15) is 5.56 Å². The second-order valence-corrected chi connectivity index (χ2v) is 5.08.